The van der Waals surface area contributed by atoms with Crippen LogP contribution in [0.2, 0.25) is 5.02 Å². The molecule has 0 amide bonds. The van der Waals surface area contributed by atoms with Crippen LogP contribution in [0, 0.1) is 13.8 Å². The molecule has 0 unspecified atom stereocenters. The summed E-state index contributed by atoms with van der Waals surface area (Å²) >= 11 is 6.18. The molecule has 1 aliphatic heterocycles. The van der Waals surface area contributed by atoms with Gasteiger partial charge in [0.05, 0.1) is 4.90 Å². The minimum absolute atomic E-state index is 0.266. The van der Waals surface area contributed by atoms with Crippen LogP contribution >= 0.6 is 11.6 Å². The summed E-state index contributed by atoms with van der Waals surface area (Å²) in [7, 11) is -1.65. The lowest BCUT2D eigenvalue weighted by Gasteiger charge is -2.19. The maximum absolute atomic E-state index is 12.9. The largest absolute Gasteiger partial charge is 0.457 e. The number of nitrogens with one attached hydrogen (secondary N) is 1. The Kier molecular flexibility index (Phi) is 6.11. The van der Waals surface area contributed by atoms with Crippen LogP contribution in [0.4, 0.5) is 0 Å². The van der Waals surface area contributed by atoms with Crippen molar-refractivity contribution < 1.29 is 13.2 Å². The zero-order chi connectivity index (χ0) is 19.6. The first-order valence-electron chi connectivity index (χ1n) is 9.06. The van der Waals surface area contributed by atoms with Crippen LogP contribution in [0.1, 0.15) is 29.5 Å². The van der Waals surface area contributed by atoms with Crippen LogP contribution in [0.15, 0.2) is 35.2 Å². The Morgan fingerprint density at radius 2 is 1.78 bits per heavy atom. The van der Waals surface area contributed by atoms with Gasteiger partial charge in [-0.25, -0.2) is 8.42 Å². The first-order chi connectivity index (χ1) is 12.8. The number of rotatable bonds is 6. The first kappa shape index (κ1) is 20.1. The van der Waals surface area contributed by atoms with E-state index < -0.39 is 10.0 Å². The highest BCUT2D eigenvalue weighted by Gasteiger charge is 2.28. The molecule has 1 N–H and O–H groups in total. The Balaban J connectivity index is 2.01. The molecular weight excluding hydrogens is 384 g/mol. The summed E-state index contributed by atoms with van der Waals surface area (Å²) in [6.45, 7) is 5.61. The molecule has 0 aliphatic carbocycles. The smallest absolute Gasteiger partial charge is 0.243 e. The normalized spacial score (nSPS) is 15.3. The topological polar surface area (TPSA) is 58.6 Å². The Bertz CT molecular complexity index is 938. The molecule has 0 bridgehead atoms. The van der Waals surface area contributed by atoms with Crippen molar-refractivity contribution in [1.82, 2.24) is 9.62 Å². The minimum atomic E-state index is -3.50. The molecule has 1 aliphatic rings. The van der Waals surface area contributed by atoms with Gasteiger partial charge in [-0.2, -0.15) is 4.31 Å². The Labute approximate surface area is 166 Å². The molecule has 2 aromatic rings. The third-order valence-corrected chi connectivity index (χ3v) is 7.30. The van der Waals surface area contributed by atoms with Gasteiger partial charge in [0, 0.05) is 36.3 Å². The molecule has 1 fully saturated rings. The summed E-state index contributed by atoms with van der Waals surface area (Å²) in [6.07, 6.45) is 1.81. The van der Waals surface area contributed by atoms with Gasteiger partial charge in [0.25, 0.3) is 0 Å². The molecule has 0 aromatic heterocycles. The minimum Gasteiger partial charge on any atom is -0.457 e. The third-order valence-electron chi connectivity index (χ3n) is 5.00. The average molecular weight is 409 g/mol. The lowest BCUT2D eigenvalue weighted by Crippen LogP contribution is -2.27. The number of nitrogens with zero attached hydrogens (tertiary/aromatic N) is 1. The molecule has 0 saturated carbocycles. The number of hydrogen-bond donors (Lipinski definition) is 1. The van der Waals surface area contributed by atoms with E-state index in [2.05, 4.69) is 5.32 Å². The van der Waals surface area contributed by atoms with E-state index in [9.17, 15) is 8.42 Å². The van der Waals surface area contributed by atoms with E-state index in [-0.39, 0.29) is 4.90 Å². The second-order valence-electron chi connectivity index (χ2n) is 6.81. The molecule has 27 heavy (non-hydrogen) atoms. The molecule has 0 atom stereocenters. The predicted molar refractivity (Wildman–Crippen MR) is 108 cm³/mol. The van der Waals surface area contributed by atoms with Crippen molar-refractivity contribution in [3.8, 4) is 11.5 Å². The van der Waals surface area contributed by atoms with Gasteiger partial charge < -0.3 is 10.1 Å². The summed E-state index contributed by atoms with van der Waals surface area (Å²) in [6, 6.07) is 8.71. The zero-order valence-electron chi connectivity index (χ0n) is 15.9. The van der Waals surface area contributed by atoms with Crippen LogP contribution in [0.3, 0.4) is 0 Å². The van der Waals surface area contributed by atoms with Gasteiger partial charge in [0.2, 0.25) is 10.0 Å². The van der Waals surface area contributed by atoms with Crippen LogP contribution in [0.25, 0.3) is 0 Å². The van der Waals surface area contributed by atoms with Gasteiger partial charge >= 0.3 is 0 Å². The summed E-state index contributed by atoms with van der Waals surface area (Å²) in [4.78, 5) is 0.266. The average Bonchev–Trinajstić information content (AvgIpc) is 3.19. The number of halogens is 1. The van der Waals surface area contributed by atoms with Crippen molar-refractivity contribution >= 4 is 21.6 Å². The fourth-order valence-electron chi connectivity index (χ4n) is 3.20. The van der Waals surface area contributed by atoms with E-state index in [1.807, 2.05) is 33.0 Å². The highest BCUT2D eigenvalue weighted by Crippen LogP contribution is 2.34. The number of hydrogen-bond acceptors (Lipinski definition) is 4. The van der Waals surface area contributed by atoms with E-state index in [1.165, 1.54) is 0 Å². The molecule has 2 aromatic carbocycles. The third kappa shape index (κ3) is 4.14. The van der Waals surface area contributed by atoms with Crippen LogP contribution in [-0.4, -0.2) is 32.9 Å². The molecule has 0 radical (unpaired) electrons. The van der Waals surface area contributed by atoms with Crippen LogP contribution < -0.4 is 10.1 Å². The lowest BCUT2D eigenvalue weighted by atomic mass is 10.1. The molecule has 7 heteroatoms. The first-order valence-corrected chi connectivity index (χ1v) is 10.9. The predicted octanol–water partition coefficient (Wildman–Crippen LogP) is 4.25. The molecule has 0 spiro atoms. The Morgan fingerprint density at radius 3 is 2.44 bits per heavy atom. The van der Waals surface area contributed by atoms with E-state index in [0.717, 1.165) is 29.5 Å². The molecule has 146 valence electrons. The summed E-state index contributed by atoms with van der Waals surface area (Å²) in [5, 5.41) is 3.78. The van der Waals surface area contributed by atoms with Gasteiger partial charge in [-0.15, -0.1) is 0 Å². The second-order valence-corrected chi connectivity index (χ2v) is 9.15. The van der Waals surface area contributed by atoms with E-state index in [4.69, 9.17) is 16.3 Å². The highest BCUT2D eigenvalue weighted by molar-refractivity contribution is 7.89. The summed E-state index contributed by atoms with van der Waals surface area (Å²) in [5.41, 5.74) is 2.78. The molecule has 1 saturated heterocycles. The second kappa shape index (κ2) is 8.19. The maximum Gasteiger partial charge on any atom is 0.243 e. The maximum atomic E-state index is 12.9. The SMILES string of the molecule is CNCc1ccc(S(=O)(=O)N2CCCC2)cc1Oc1ccc(Cl)c(C)c1C. The van der Waals surface area contributed by atoms with Crippen molar-refractivity contribution in [2.75, 3.05) is 20.1 Å². The van der Waals surface area contributed by atoms with Crippen LogP contribution in [0.5, 0.6) is 11.5 Å². The fraction of sp³-hybridized carbons (Fsp3) is 0.400. The van der Waals surface area contributed by atoms with E-state index in [1.54, 1.807) is 22.5 Å². The quantitative estimate of drug-likeness (QED) is 0.776. The molecule has 1 heterocycles. The highest BCUT2D eigenvalue weighted by atomic mass is 35.5. The van der Waals surface area contributed by atoms with Crippen molar-refractivity contribution in [1.29, 1.82) is 0 Å². The van der Waals surface area contributed by atoms with Crippen molar-refractivity contribution in [2.24, 2.45) is 0 Å². The van der Waals surface area contributed by atoms with E-state index in [0.29, 0.717) is 36.2 Å². The number of sulfonamides is 1. The summed E-state index contributed by atoms with van der Waals surface area (Å²) in [5.74, 6) is 1.21. The Hall–Kier alpha value is -1.60. The monoisotopic (exact) mass is 408 g/mol. The number of ether oxygens (including phenoxy) is 1. The van der Waals surface area contributed by atoms with Crippen molar-refractivity contribution in [3.63, 3.8) is 0 Å². The van der Waals surface area contributed by atoms with Gasteiger partial charge in [-0.1, -0.05) is 17.7 Å². The number of benzene rings is 2. The molecular formula is C20H25ClN2O3S. The molecule has 5 nitrogen and oxygen atoms in total. The fourth-order valence-corrected chi connectivity index (χ4v) is 4.93. The van der Waals surface area contributed by atoms with Gasteiger partial charge in [0.1, 0.15) is 11.5 Å². The Morgan fingerprint density at radius 1 is 1.07 bits per heavy atom. The van der Waals surface area contributed by atoms with Gasteiger partial charge in [0.15, 0.2) is 0 Å². The molecule has 3 rings (SSSR count). The lowest BCUT2D eigenvalue weighted by molar-refractivity contribution is 0.463. The van der Waals surface area contributed by atoms with Crippen molar-refractivity contribution in [3.05, 3.63) is 52.0 Å². The van der Waals surface area contributed by atoms with Gasteiger partial charge in [-0.05, 0) is 63.1 Å². The van der Waals surface area contributed by atoms with Gasteiger partial charge in [-0.3, -0.25) is 0 Å². The van der Waals surface area contributed by atoms with Crippen LogP contribution in [-0.2, 0) is 16.6 Å². The van der Waals surface area contributed by atoms with E-state index >= 15 is 0 Å². The van der Waals surface area contributed by atoms with Crippen molar-refractivity contribution in [2.45, 2.75) is 38.1 Å². The summed E-state index contributed by atoms with van der Waals surface area (Å²) < 4.78 is 33.5. The standard InChI is InChI=1S/C20H25ClN2O3S/c1-14-15(2)19(9-8-18(14)21)26-20-12-17(7-6-16(20)13-22-3)27(24,25)23-10-4-5-11-23/h6-9,12,22H,4-5,10-11,13H2,1-3H3. The zero-order valence-corrected chi connectivity index (χ0v) is 17.5.